The molecule has 0 spiro atoms. The molecule has 3 rings (SSSR count). The number of hydrogen-bond acceptors (Lipinski definition) is 3. The van der Waals surface area contributed by atoms with Crippen molar-refractivity contribution in [2.45, 2.75) is 39.5 Å². The Labute approximate surface area is 167 Å². The lowest BCUT2D eigenvalue weighted by Gasteiger charge is -2.35. The molecule has 0 saturated carbocycles. The molecule has 1 aliphatic rings. The second-order valence-corrected chi connectivity index (χ2v) is 7.92. The quantitative estimate of drug-likeness (QED) is 0.820. The van der Waals surface area contributed by atoms with Crippen LogP contribution in [0.1, 0.15) is 49.2 Å². The fraction of sp³-hybridized carbons (Fsp3) is 0.435. The number of benzene rings is 1. The molecule has 148 valence electrons. The molecule has 2 amide bonds. The van der Waals surface area contributed by atoms with E-state index in [0.29, 0.717) is 29.5 Å². The zero-order valence-corrected chi connectivity index (χ0v) is 16.7. The van der Waals surface area contributed by atoms with Crippen molar-refractivity contribution in [3.8, 4) is 0 Å². The number of nitrogens with one attached hydrogen (secondary N) is 1. The van der Waals surface area contributed by atoms with Crippen molar-refractivity contribution in [3.63, 3.8) is 0 Å². The maximum atomic E-state index is 13.1. The van der Waals surface area contributed by atoms with Gasteiger partial charge in [0.1, 0.15) is 0 Å². The topological polar surface area (TPSA) is 62.3 Å². The van der Waals surface area contributed by atoms with Crippen molar-refractivity contribution in [3.05, 3.63) is 59.9 Å². The van der Waals surface area contributed by atoms with Crippen molar-refractivity contribution < 1.29 is 9.59 Å². The minimum Gasteiger partial charge on any atom is -0.338 e. The summed E-state index contributed by atoms with van der Waals surface area (Å²) < 4.78 is 0. The molecule has 1 fully saturated rings. The number of aromatic nitrogens is 1. The summed E-state index contributed by atoms with van der Waals surface area (Å²) in [5.74, 6) is 0.932. The van der Waals surface area contributed by atoms with Gasteiger partial charge in [0.2, 0.25) is 5.91 Å². The van der Waals surface area contributed by atoms with E-state index in [2.05, 4.69) is 24.1 Å². The van der Waals surface area contributed by atoms with Crippen molar-refractivity contribution in [1.82, 2.24) is 9.88 Å². The molecule has 2 aromatic rings. The van der Waals surface area contributed by atoms with Gasteiger partial charge in [-0.3, -0.25) is 14.6 Å². The number of likely N-dealkylation sites (tertiary alicyclic amines) is 1. The first-order chi connectivity index (χ1) is 13.5. The summed E-state index contributed by atoms with van der Waals surface area (Å²) in [6, 6.07) is 13.1. The molecule has 5 heteroatoms. The molecule has 1 aromatic heterocycles. The van der Waals surface area contributed by atoms with Gasteiger partial charge in [-0.1, -0.05) is 32.0 Å². The molecular formula is C23H29N3O2. The molecule has 2 atom stereocenters. The van der Waals surface area contributed by atoms with Crippen molar-refractivity contribution >= 4 is 17.5 Å². The second-order valence-electron chi connectivity index (χ2n) is 7.92. The van der Waals surface area contributed by atoms with Gasteiger partial charge >= 0.3 is 0 Å². The van der Waals surface area contributed by atoms with Crippen molar-refractivity contribution in [2.24, 2.45) is 11.8 Å². The summed E-state index contributed by atoms with van der Waals surface area (Å²) in [5.41, 5.74) is 2.15. The van der Waals surface area contributed by atoms with Crippen LogP contribution in [0.3, 0.4) is 0 Å². The Morgan fingerprint density at radius 1 is 1.07 bits per heavy atom. The summed E-state index contributed by atoms with van der Waals surface area (Å²) in [6.45, 7) is 5.92. The van der Waals surface area contributed by atoms with Crippen LogP contribution in [0.4, 0.5) is 5.69 Å². The van der Waals surface area contributed by atoms with Gasteiger partial charge in [0.25, 0.3) is 5.91 Å². The Morgan fingerprint density at radius 2 is 1.79 bits per heavy atom. The fourth-order valence-electron chi connectivity index (χ4n) is 3.97. The lowest BCUT2D eigenvalue weighted by molar-refractivity contribution is -0.116. The Hall–Kier alpha value is -2.69. The molecule has 5 nitrogen and oxygen atoms in total. The Morgan fingerprint density at radius 3 is 2.50 bits per heavy atom. The third-order valence-corrected chi connectivity index (χ3v) is 5.15. The van der Waals surface area contributed by atoms with E-state index in [1.54, 1.807) is 18.3 Å². The zero-order valence-electron chi connectivity index (χ0n) is 16.7. The molecule has 1 N–H and O–H groups in total. The normalized spacial score (nSPS) is 19.3. The van der Waals surface area contributed by atoms with Gasteiger partial charge < -0.3 is 10.2 Å². The third-order valence-electron chi connectivity index (χ3n) is 5.15. The number of aryl methyl sites for hydroxylation is 1. The van der Waals surface area contributed by atoms with Crippen LogP contribution in [0.25, 0.3) is 0 Å². The highest BCUT2D eigenvalue weighted by Gasteiger charge is 2.27. The predicted octanol–water partition coefficient (Wildman–Crippen LogP) is 4.16. The van der Waals surface area contributed by atoms with E-state index in [-0.39, 0.29) is 11.8 Å². The van der Waals surface area contributed by atoms with Crippen LogP contribution >= 0.6 is 0 Å². The van der Waals surface area contributed by atoms with Gasteiger partial charge in [0.15, 0.2) is 0 Å². The van der Waals surface area contributed by atoms with E-state index in [1.165, 1.54) is 0 Å². The Kier molecular flexibility index (Phi) is 6.80. The lowest BCUT2D eigenvalue weighted by atomic mass is 9.91. The van der Waals surface area contributed by atoms with Crippen LogP contribution in [-0.2, 0) is 11.2 Å². The number of anilines is 1. The minimum absolute atomic E-state index is 0.00258. The van der Waals surface area contributed by atoms with E-state index in [9.17, 15) is 9.59 Å². The molecule has 1 aliphatic heterocycles. The first-order valence-electron chi connectivity index (χ1n) is 10.1. The summed E-state index contributed by atoms with van der Waals surface area (Å²) >= 11 is 0. The summed E-state index contributed by atoms with van der Waals surface area (Å²) in [4.78, 5) is 31.7. The first kappa shape index (κ1) is 20.1. The van der Waals surface area contributed by atoms with Crippen molar-refractivity contribution in [1.29, 1.82) is 0 Å². The SMILES string of the molecule is CC1CC(C)CN(C(=O)c2ccccc2NC(=O)CCCc2ccccn2)C1. The maximum Gasteiger partial charge on any atom is 0.255 e. The van der Waals surface area contributed by atoms with E-state index in [4.69, 9.17) is 0 Å². The number of hydrogen-bond donors (Lipinski definition) is 1. The van der Waals surface area contributed by atoms with Gasteiger partial charge in [-0.25, -0.2) is 0 Å². The van der Waals surface area contributed by atoms with E-state index in [1.807, 2.05) is 35.2 Å². The molecule has 1 saturated heterocycles. The van der Waals surface area contributed by atoms with Crippen LogP contribution < -0.4 is 5.32 Å². The molecular weight excluding hydrogens is 350 g/mol. The Balaban J connectivity index is 1.60. The number of pyridine rings is 1. The van der Waals surface area contributed by atoms with E-state index in [0.717, 1.165) is 38.0 Å². The summed E-state index contributed by atoms with van der Waals surface area (Å²) in [6.07, 6.45) is 4.80. The zero-order chi connectivity index (χ0) is 19.9. The molecule has 0 bridgehead atoms. The fourth-order valence-corrected chi connectivity index (χ4v) is 3.97. The summed E-state index contributed by atoms with van der Waals surface area (Å²) in [5, 5.41) is 2.93. The average Bonchev–Trinajstić information content (AvgIpc) is 2.68. The van der Waals surface area contributed by atoms with E-state index >= 15 is 0 Å². The number of carbonyl (C=O) groups is 2. The molecule has 1 aromatic carbocycles. The highest BCUT2D eigenvalue weighted by Crippen LogP contribution is 2.25. The smallest absolute Gasteiger partial charge is 0.255 e. The Bertz CT molecular complexity index is 797. The number of carbonyl (C=O) groups excluding carboxylic acids is 2. The van der Waals surface area contributed by atoms with Gasteiger partial charge in [-0.15, -0.1) is 0 Å². The van der Waals surface area contributed by atoms with E-state index < -0.39 is 0 Å². The maximum absolute atomic E-state index is 13.1. The van der Waals surface area contributed by atoms with Gasteiger partial charge in [0, 0.05) is 31.4 Å². The summed E-state index contributed by atoms with van der Waals surface area (Å²) in [7, 11) is 0. The van der Waals surface area contributed by atoms with Crippen LogP contribution in [-0.4, -0.2) is 34.8 Å². The predicted molar refractivity (Wildman–Crippen MR) is 111 cm³/mol. The highest BCUT2D eigenvalue weighted by molar-refractivity contribution is 6.03. The number of para-hydroxylation sites is 1. The highest BCUT2D eigenvalue weighted by atomic mass is 16.2. The number of piperidine rings is 1. The molecule has 0 radical (unpaired) electrons. The van der Waals surface area contributed by atoms with Crippen molar-refractivity contribution in [2.75, 3.05) is 18.4 Å². The number of amides is 2. The van der Waals surface area contributed by atoms with Gasteiger partial charge in [0.05, 0.1) is 11.3 Å². The molecule has 0 aliphatic carbocycles. The largest absolute Gasteiger partial charge is 0.338 e. The van der Waals surface area contributed by atoms with Crippen LogP contribution in [0.2, 0.25) is 0 Å². The van der Waals surface area contributed by atoms with Crippen LogP contribution in [0.5, 0.6) is 0 Å². The van der Waals surface area contributed by atoms with Gasteiger partial charge in [-0.05, 0) is 55.4 Å². The second kappa shape index (κ2) is 9.49. The molecule has 2 unspecified atom stereocenters. The monoisotopic (exact) mass is 379 g/mol. The van der Waals surface area contributed by atoms with Crippen LogP contribution in [0, 0.1) is 11.8 Å². The third kappa shape index (κ3) is 5.41. The standard InChI is InChI=1S/C23H29N3O2/c1-17-14-18(2)16-26(15-17)23(28)20-10-3-4-11-21(20)25-22(27)12-7-9-19-8-5-6-13-24-19/h3-6,8,10-11,13,17-18H,7,9,12,14-16H2,1-2H3,(H,25,27). The number of rotatable bonds is 6. The van der Waals surface area contributed by atoms with Crippen LogP contribution in [0.15, 0.2) is 48.7 Å². The van der Waals surface area contributed by atoms with Gasteiger partial charge in [-0.2, -0.15) is 0 Å². The average molecular weight is 380 g/mol. The first-order valence-corrected chi connectivity index (χ1v) is 10.1. The minimum atomic E-state index is -0.0726. The lowest BCUT2D eigenvalue weighted by Crippen LogP contribution is -2.42. The number of nitrogens with zero attached hydrogens (tertiary/aromatic N) is 2. The molecule has 2 heterocycles. The molecule has 28 heavy (non-hydrogen) atoms.